The highest BCUT2D eigenvalue weighted by Crippen LogP contribution is 2.53. The van der Waals surface area contributed by atoms with Gasteiger partial charge in [0.15, 0.2) is 17.2 Å². The number of piperidine rings is 1. The zero-order valence-corrected chi connectivity index (χ0v) is 17.0. The lowest BCUT2D eigenvalue weighted by Gasteiger charge is -2.42. The van der Waals surface area contributed by atoms with E-state index >= 15 is 0 Å². The van der Waals surface area contributed by atoms with Gasteiger partial charge in [-0.25, -0.2) is 0 Å². The standard InChI is InChI=1S/C25H25N3O2/c1-29-23-4-2-3-22-25(23)30-24-13-17(16-9-11-26-12-10-16)5-8-21(24)28(22)20-14-18-6-7-19(15-20)27-18/h2-5,8-13,18-20,27H,6-7,14-15H2,1H3. The summed E-state index contributed by atoms with van der Waals surface area (Å²) in [5, 5.41) is 3.77. The molecule has 5 heteroatoms. The number of rotatable bonds is 3. The van der Waals surface area contributed by atoms with Crippen molar-refractivity contribution in [2.45, 2.75) is 43.8 Å². The van der Waals surface area contributed by atoms with E-state index in [4.69, 9.17) is 9.47 Å². The Morgan fingerprint density at radius 3 is 2.53 bits per heavy atom. The molecule has 3 aromatic rings. The van der Waals surface area contributed by atoms with E-state index in [9.17, 15) is 0 Å². The molecule has 2 bridgehead atoms. The van der Waals surface area contributed by atoms with Gasteiger partial charge in [-0.1, -0.05) is 12.1 Å². The minimum atomic E-state index is 0.448. The van der Waals surface area contributed by atoms with Crippen molar-refractivity contribution in [3.63, 3.8) is 0 Å². The lowest BCUT2D eigenvalue weighted by molar-refractivity contribution is 0.347. The maximum Gasteiger partial charge on any atom is 0.192 e. The van der Waals surface area contributed by atoms with Gasteiger partial charge in [-0.3, -0.25) is 4.98 Å². The molecule has 0 saturated carbocycles. The second kappa shape index (κ2) is 7.03. The van der Waals surface area contributed by atoms with Gasteiger partial charge in [0.1, 0.15) is 0 Å². The summed E-state index contributed by atoms with van der Waals surface area (Å²) >= 11 is 0. The fourth-order valence-electron chi connectivity index (χ4n) is 5.35. The van der Waals surface area contributed by atoms with Crippen LogP contribution >= 0.6 is 0 Å². The number of pyridine rings is 1. The number of ether oxygens (including phenoxy) is 2. The number of benzene rings is 2. The molecule has 0 spiro atoms. The Morgan fingerprint density at radius 1 is 0.967 bits per heavy atom. The van der Waals surface area contributed by atoms with Gasteiger partial charge in [-0.15, -0.1) is 0 Å². The molecule has 0 radical (unpaired) electrons. The van der Waals surface area contributed by atoms with Crippen molar-refractivity contribution in [3.05, 3.63) is 60.9 Å². The van der Waals surface area contributed by atoms with Crippen molar-refractivity contribution < 1.29 is 9.47 Å². The number of nitrogens with zero attached hydrogens (tertiary/aromatic N) is 2. The Kier molecular flexibility index (Phi) is 4.16. The minimum absolute atomic E-state index is 0.448. The molecule has 5 nitrogen and oxygen atoms in total. The number of fused-ring (bicyclic) bond motifs is 4. The highest BCUT2D eigenvalue weighted by Gasteiger charge is 2.40. The van der Waals surface area contributed by atoms with E-state index in [0.717, 1.165) is 52.6 Å². The second-order valence-electron chi connectivity index (χ2n) is 8.46. The maximum atomic E-state index is 6.45. The third kappa shape index (κ3) is 2.84. The predicted molar refractivity (Wildman–Crippen MR) is 118 cm³/mol. The van der Waals surface area contributed by atoms with Gasteiger partial charge < -0.3 is 19.7 Å². The van der Waals surface area contributed by atoms with Gasteiger partial charge in [0, 0.05) is 30.5 Å². The average molecular weight is 399 g/mol. The molecule has 3 aliphatic rings. The van der Waals surface area contributed by atoms with E-state index in [-0.39, 0.29) is 0 Å². The summed E-state index contributed by atoms with van der Waals surface area (Å²) in [7, 11) is 1.71. The molecule has 2 saturated heterocycles. The lowest BCUT2D eigenvalue weighted by Crippen LogP contribution is -2.47. The zero-order chi connectivity index (χ0) is 20.1. The summed E-state index contributed by atoms with van der Waals surface area (Å²) in [5.74, 6) is 2.46. The van der Waals surface area contributed by atoms with E-state index in [1.807, 2.05) is 30.6 Å². The normalized spacial score (nSPS) is 24.0. The Morgan fingerprint density at radius 2 is 1.77 bits per heavy atom. The Hall–Kier alpha value is -3.05. The molecule has 6 rings (SSSR count). The highest BCUT2D eigenvalue weighted by molar-refractivity contribution is 5.83. The van der Waals surface area contributed by atoms with E-state index in [1.54, 1.807) is 7.11 Å². The van der Waals surface area contributed by atoms with E-state index < -0.39 is 0 Å². The molecule has 2 aromatic carbocycles. The van der Waals surface area contributed by atoms with Crippen molar-refractivity contribution >= 4 is 11.4 Å². The van der Waals surface area contributed by atoms with Crippen LogP contribution in [0.15, 0.2) is 60.9 Å². The van der Waals surface area contributed by atoms with Crippen LogP contribution in [0.25, 0.3) is 11.1 Å². The quantitative estimate of drug-likeness (QED) is 0.649. The van der Waals surface area contributed by atoms with Crippen LogP contribution in [0.2, 0.25) is 0 Å². The molecule has 0 amide bonds. The van der Waals surface area contributed by atoms with Crippen LogP contribution in [0, 0.1) is 0 Å². The fourth-order valence-corrected chi connectivity index (χ4v) is 5.35. The second-order valence-corrected chi connectivity index (χ2v) is 8.46. The van der Waals surface area contributed by atoms with Crippen molar-refractivity contribution in [2.75, 3.05) is 12.0 Å². The molecule has 2 unspecified atom stereocenters. The molecule has 152 valence electrons. The Labute approximate surface area is 176 Å². The number of para-hydroxylation sites is 1. The first-order valence-corrected chi connectivity index (χ1v) is 10.7. The molecule has 4 heterocycles. The molecule has 30 heavy (non-hydrogen) atoms. The molecule has 1 aromatic heterocycles. The molecule has 2 atom stereocenters. The van der Waals surface area contributed by atoms with E-state index in [1.165, 1.54) is 12.8 Å². The van der Waals surface area contributed by atoms with Crippen LogP contribution < -0.4 is 19.7 Å². The molecule has 3 aliphatic heterocycles. The van der Waals surface area contributed by atoms with Crippen molar-refractivity contribution in [1.29, 1.82) is 0 Å². The number of hydrogen-bond donors (Lipinski definition) is 1. The van der Waals surface area contributed by atoms with Crippen molar-refractivity contribution in [2.24, 2.45) is 0 Å². The fraction of sp³-hybridized carbons (Fsp3) is 0.320. The number of aromatic nitrogens is 1. The molecular weight excluding hydrogens is 374 g/mol. The van der Waals surface area contributed by atoms with Gasteiger partial charge in [0.25, 0.3) is 0 Å². The van der Waals surface area contributed by atoms with Crippen molar-refractivity contribution in [1.82, 2.24) is 10.3 Å². The minimum Gasteiger partial charge on any atom is -0.493 e. The van der Waals surface area contributed by atoms with Gasteiger partial charge in [0.05, 0.1) is 18.5 Å². The number of methoxy groups -OCH3 is 1. The van der Waals surface area contributed by atoms with E-state index in [0.29, 0.717) is 18.1 Å². The lowest BCUT2D eigenvalue weighted by atomic mass is 9.95. The molecule has 2 fully saturated rings. The van der Waals surface area contributed by atoms with Gasteiger partial charge in [0.2, 0.25) is 0 Å². The number of nitrogens with one attached hydrogen (secondary N) is 1. The summed E-state index contributed by atoms with van der Waals surface area (Å²) in [6.07, 6.45) is 8.52. The smallest absolute Gasteiger partial charge is 0.192 e. The molecule has 0 aliphatic carbocycles. The average Bonchev–Trinajstić information content (AvgIpc) is 3.14. The number of hydrogen-bond acceptors (Lipinski definition) is 5. The third-order valence-corrected chi connectivity index (χ3v) is 6.70. The summed E-state index contributed by atoms with van der Waals surface area (Å²) in [4.78, 5) is 6.64. The van der Waals surface area contributed by atoms with Gasteiger partial charge in [-0.05, 0) is 73.2 Å². The highest BCUT2D eigenvalue weighted by atomic mass is 16.5. The first-order chi connectivity index (χ1) is 14.8. The van der Waals surface area contributed by atoms with Crippen LogP contribution in [0.3, 0.4) is 0 Å². The van der Waals surface area contributed by atoms with Crippen LogP contribution in [-0.2, 0) is 0 Å². The Balaban J connectivity index is 1.48. The monoisotopic (exact) mass is 399 g/mol. The topological polar surface area (TPSA) is 46.6 Å². The summed E-state index contributed by atoms with van der Waals surface area (Å²) in [6.45, 7) is 0. The van der Waals surface area contributed by atoms with Crippen LogP contribution in [-0.4, -0.2) is 30.2 Å². The maximum absolute atomic E-state index is 6.45. The predicted octanol–water partition coefficient (Wildman–Crippen LogP) is 5.28. The molecular formula is C25H25N3O2. The SMILES string of the molecule is COc1cccc2c1Oc1cc(-c3ccncc3)ccc1N2C1CC2CCC(C1)N2. The van der Waals surface area contributed by atoms with Crippen LogP contribution in [0.4, 0.5) is 11.4 Å². The first kappa shape index (κ1) is 17.8. The van der Waals surface area contributed by atoms with Crippen LogP contribution in [0.5, 0.6) is 17.2 Å². The molecule has 1 N–H and O–H groups in total. The first-order valence-electron chi connectivity index (χ1n) is 10.7. The zero-order valence-electron chi connectivity index (χ0n) is 17.0. The van der Waals surface area contributed by atoms with Gasteiger partial charge >= 0.3 is 0 Å². The van der Waals surface area contributed by atoms with Crippen LogP contribution in [0.1, 0.15) is 25.7 Å². The summed E-state index contributed by atoms with van der Waals surface area (Å²) in [6, 6.07) is 18.5. The largest absolute Gasteiger partial charge is 0.493 e. The van der Waals surface area contributed by atoms with Crippen molar-refractivity contribution in [3.8, 4) is 28.4 Å². The summed E-state index contributed by atoms with van der Waals surface area (Å²) < 4.78 is 12.1. The summed E-state index contributed by atoms with van der Waals surface area (Å²) in [5.41, 5.74) is 4.50. The van der Waals surface area contributed by atoms with E-state index in [2.05, 4.69) is 45.5 Å². The van der Waals surface area contributed by atoms with Gasteiger partial charge in [-0.2, -0.15) is 0 Å². The third-order valence-electron chi connectivity index (χ3n) is 6.70. The number of anilines is 2. The Bertz CT molecular complexity index is 1070.